The van der Waals surface area contributed by atoms with Gasteiger partial charge in [0, 0.05) is 6.04 Å². The van der Waals surface area contributed by atoms with Gasteiger partial charge in [0.15, 0.2) is 0 Å². The Hall–Kier alpha value is -1.39. The first-order valence-electron chi connectivity index (χ1n) is 4.86. The molecule has 0 spiro atoms. The van der Waals surface area contributed by atoms with Gasteiger partial charge in [0.25, 0.3) is 5.91 Å². The van der Waals surface area contributed by atoms with Crippen LogP contribution in [0.25, 0.3) is 0 Å². The molecule has 1 aliphatic rings. The van der Waals surface area contributed by atoms with Gasteiger partial charge in [-0.3, -0.25) is 4.79 Å². The Morgan fingerprint density at radius 2 is 2.50 bits per heavy atom. The number of amides is 1. The second-order valence-corrected chi connectivity index (χ2v) is 4.10. The van der Waals surface area contributed by atoms with Crippen LogP contribution in [0.3, 0.4) is 0 Å². The van der Waals surface area contributed by atoms with Crippen LogP contribution in [0.15, 0.2) is 6.20 Å². The van der Waals surface area contributed by atoms with Crippen molar-refractivity contribution in [2.75, 3.05) is 0 Å². The zero-order chi connectivity index (χ0) is 10.1. The van der Waals surface area contributed by atoms with Gasteiger partial charge in [0.2, 0.25) is 0 Å². The molecule has 1 amide bonds. The molecule has 5 nitrogen and oxygen atoms in total. The van der Waals surface area contributed by atoms with E-state index in [1.165, 1.54) is 6.20 Å². The number of carbonyl (C=O) groups is 1. The minimum atomic E-state index is -0.0631. The van der Waals surface area contributed by atoms with E-state index >= 15 is 0 Å². The molecule has 0 fully saturated rings. The fourth-order valence-corrected chi connectivity index (χ4v) is 1.78. The first kappa shape index (κ1) is 9.18. The highest BCUT2D eigenvalue weighted by Gasteiger charge is 2.25. The quantitative estimate of drug-likeness (QED) is 0.743. The van der Waals surface area contributed by atoms with Crippen molar-refractivity contribution in [1.29, 1.82) is 0 Å². The molecule has 2 heterocycles. The lowest BCUT2D eigenvalue weighted by Crippen LogP contribution is -2.45. The van der Waals surface area contributed by atoms with Crippen molar-refractivity contribution in [3.8, 4) is 0 Å². The first-order valence-corrected chi connectivity index (χ1v) is 4.86. The Bertz CT molecular complexity index is 344. The van der Waals surface area contributed by atoms with E-state index in [0.29, 0.717) is 11.6 Å². The van der Waals surface area contributed by atoms with E-state index in [0.717, 1.165) is 13.0 Å². The average Bonchev–Trinajstić information content (AvgIpc) is 2.50. The van der Waals surface area contributed by atoms with Gasteiger partial charge in [-0.2, -0.15) is 0 Å². The van der Waals surface area contributed by atoms with Crippen LogP contribution >= 0.6 is 0 Å². The molecule has 0 aromatic carbocycles. The number of aromatic nitrogens is 3. The molecule has 2 rings (SSSR count). The number of rotatable bonds is 2. The van der Waals surface area contributed by atoms with Gasteiger partial charge in [0.1, 0.15) is 5.69 Å². The fourth-order valence-electron chi connectivity index (χ4n) is 1.78. The molecule has 1 aromatic heterocycles. The normalized spacial score (nSPS) is 20.8. The van der Waals surface area contributed by atoms with Crippen LogP contribution in [0.1, 0.15) is 30.8 Å². The van der Waals surface area contributed by atoms with Crippen LogP contribution in [0, 0.1) is 5.92 Å². The van der Waals surface area contributed by atoms with E-state index in [2.05, 4.69) is 29.5 Å². The van der Waals surface area contributed by atoms with Crippen LogP contribution < -0.4 is 5.32 Å². The average molecular weight is 194 g/mol. The van der Waals surface area contributed by atoms with Gasteiger partial charge in [-0.15, -0.1) is 5.10 Å². The third kappa shape index (κ3) is 1.62. The summed E-state index contributed by atoms with van der Waals surface area (Å²) in [6, 6.07) is 0.191. The van der Waals surface area contributed by atoms with Crippen LogP contribution in [-0.4, -0.2) is 26.9 Å². The molecule has 1 unspecified atom stereocenters. The van der Waals surface area contributed by atoms with Crippen molar-refractivity contribution >= 4 is 5.91 Å². The van der Waals surface area contributed by atoms with Crippen molar-refractivity contribution in [3.63, 3.8) is 0 Å². The van der Waals surface area contributed by atoms with Gasteiger partial charge >= 0.3 is 0 Å². The number of hydrogen-bond donors (Lipinski definition) is 1. The molecule has 1 aromatic rings. The van der Waals surface area contributed by atoms with E-state index in [1.54, 1.807) is 4.68 Å². The van der Waals surface area contributed by atoms with Gasteiger partial charge < -0.3 is 5.32 Å². The summed E-state index contributed by atoms with van der Waals surface area (Å²) in [4.78, 5) is 11.5. The van der Waals surface area contributed by atoms with Crippen LogP contribution in [0.4, 0.5) is 0 Å². The Kier molecular flexibility index (Phi) is 2.23. The molecular formula is C9H14N4O. The van der Waals surface area contributed by atoms with Crippen LogP contribution in [-0.2, 0) is 6.54 Å². The molecule has 0 aliphatic carbocycles. The summed E-state index contributed by atoms with van der Waals surface area (Å²) in [5.74, 6) is 0.511. The monoisotopic (exact) mass is 194 g/mol. The van der Waals surface area contributed by atoms with Gasteiger partial charge in [-0.1, -0.05) is 19.1 Å². The molecule has 1 aliphatic heterocycles. The number of hydrogen-bond acceptors (Lipinski definition) is 3. The predicted molar refractivity (Wildman–Crippen MR) is 50.7 cm³/mol. The summed E-state index contributed by atoms with van der Waals surface area (Å²) in [7, 11) is 0. The number of nitrogens with zero attached hydrogens (tertiary/aromatic N) is 3. The molecule has 0 bridgehead atoms. The standard InChI is InChI=1S/C9H14N4O/c1-6(2)3-7-5-13-8(4-10-12-13)9(14)11-7/h4,6-7H,3,5H2,1-2H3,(H,11,14). The predicted octanol–water partition coefficient (Wildman–Crippen LogP) is 0.436. The van der Waals surface area contributed by atoms with Crippen molar-refractivity contribution in [2.45, 2.75) is 32.9 Å². The maximum absolute atomic E-state index is 11.5. The second kappa shape index (κ2) is 3.40. The third-order valence-corrected chi connectivity index (χ3v) is 2.33. The SMILES string of the molecule is CC(C)CC1Cn2nncc2C(=O)N1. The summed E-state index contributed by atoms with van der Waals surface area (Å²) in [5, 5.41) is 10.5. The Morgan fingerprint density at radius 1 is 1.71 bits per heavy atom. The van der Waals surface area contributed by atoms with Crippen molar-refractivity contribution < 1.29 is 4.79 Å². The summed E-state index contributed by atoms with van der Waals surface area (Å²) in [6.07, 6.45) is 2.48. The van der Waals surface area contributed by atoms with Crippen LogP contribution in [0.5, 0.6) is 0 Å². The van der Waals surface area contributed by atoms with E-state index in [4.69, 9.17) is 0 Å². The minimum Gasteiger partial charge on any atom is -0.346 e. The van der Waals surface area contributed by atoms with Crippen molar-refractivity contribution in [1.82, 2.24) is 20.3 Å². The molecule has 1 N–H and O–H groups in total. The Labute approximate surface area is 82.5 Å². The van der Waals surface area contributed by atoms with Crippen molar-refractivity contribution in [3.05, 3.63) is 11.9 Å². The van der Waals surface area contributed by atoms with E-state index in [9.17, 15) is 4.79 Å². The number of nitrogens with one attached hydrogen (secondary N) is 1. The summed E-state index contributed by atoms with van der Waals surface area (Å²) >= 11 is 0. The Morgan fingerprint density at radius 3 is 3.21 bits per heavy atom. The molecule has 0 radical (unpaired) electrons. The smallest absolute Gasteiger partial charge is 0.271 e. The molecule has 0 saturated carbocycles. The third-order valence-electron chi connectivity index (χ3n) is 2.33. The zero-order valence-corrected chi connectivity index (χ0v) is 8.40. The molecule has 76 valence electrons. The Balaban J connectivity index is 2.13. The molecule has 14 heavy (non-hydrogen) atoms. The topological polar surface area (TPSA) is 59.8 Å². The lowest BCUT2D eigenvalue weighted by atomic mass is 10.0. The van der Waals surface area contributed by atoms with Crippen molar-refractivity contribution in [2.24, 2.45) is 5.92 Å². The highest BCUT2D eigenvalue weighted by Crippen LogP contribution is 2.12. The van der Waals surface area contributed by atoms with E-state index in [1.807, 2.05) is 0 Å². The maximum atomic E-state index is 11.5. The highest BCUT2D eigenvalue weighted by molar-refractivity contribution is 5.92. The minimum absolute atomic E-state index is 0.0631. The molecule has 0 saturated heterocycles. The van der Waals surface area contributed by atoms with E-state index < -0.39 is 0 Å². The number of fused-ring (bicyclic) bond motifs is 1. The first-order chi connectivity index (χ1) is 6.66. The summed E-state index contributed by atoms with van der Waals surface area (Å²) in [5.41, 5.74) is 0.560. The van der Waals surface area contributed by atoms with Gasteiger partial charge in [-0.25, -0.2) is 4.68 Å². The molecule has 5 heteroatoms. The van der Waals surface area contributed by atoms with Crippen LogP contribution in [0.2, 0.25) is 0 Å². The van der Waals surface area contributed by atoms with Gasteiger partial charge in [-0.05, 0) is 12.3 Å². The summed E-state index contributed by atoms with van der Waals surface area (Å²) < 4.78 is 1.67. The van der Waals surface area contributed by atoms with E-state index in [-0.39, 0.29) is 11.9 Å². The summed E-state index contributed by atoms with van der Waals surface area (Å²) in [6.45, 7) is 5.02. The fraction of sp³-hybridized carbons (Fsp3) is 0.667. The highest BCUT2D eigenvalue weighted by atomic mass is 16.2. The number of carbonyl (C=O) groups excluding carboxylic acids is 1. The molecular weight excluding hydrogens is 180 g/mol. The largest absolute Gasteiger partial charge is 0.346 e. The molecule has 1 atom stereocenters. The maximum Gasteiger partial charge on any atom is 0.271 e. The zero-order valence-electron chi connectivity index (χ0n) is 8.40. The van der Waals surface area contributed by atoms with Gasteiger partial charge in [0.05, 0.1) is 12.7 Å². The lowest BCUT2D eigenvalue weighted by molar-refractivity contribution is 0.0888. The lowest BCUT2D eigenvalue weighted by Gasteiger charge is -2.25. The second-order valence-electron chi connectivity index (χ2n) is 4.10.